The summed E-state index contributed by atoms with van der Waals surface area (Å²) in [5, 5.41) is 1.84. The van der Waals surface area contributed by atoms with Crippen LogP contribution < -0.4 is 15.0 Å². The molecule has 10 nitrogen and oxygen atoms in total. The Labute approximate surface area is 206 Å². The lowest BCUT2D eigenvalue weighted by Gasteiger charge is -2.22. The summed E-state index contributed by atoms with van der Waals surface area (Å²) in [6.07, 6.45) is 1.57. The second-order valence-electron chi connectivity index (χ2n) is 8.63. The SMILES string of the molecule is COCCOc1cc(/C=C2\SC(=O)NC2=O)nc(N2CC3CN(C(=O)c4ccccc4)CC3C2)n1. The number of imide groups is 1. The molecule has 3 amide bonds. The normalized spacial score (nSPS) is 22.6. The summed E-state index contributed by atoms with van der Waals surface area (Å²) >= 11 is 0.838. The van der Waals surface area contributed by atoms with E-state index in [4.69, 9.17) is 9.47 Å². The van der Waals surface area contributed by atoms with Crippen LogP contribution in [0.1, 0.15) is 16.1 Å². The smallest absolute Gasteiger partial charge is 0.290 e. The third-order valence-electron chi connectivity index (χ3n) is 6.25. The molecule has 35 heavy (non-hydrogen) atoms. The Bertz CT molecular complexity index is 1160. The molecule has 0 radical (unpaired) electrons. The number of aromatic nitrogens is 2. The van der Waals surface area contributed by atoms with E-state index in [9.17, 15) is 14.4 Å². The molecular formula is C24H25N5O5S. The Morgan fingerprint density at radius 1 is 1.11 bits per heavy atom. The van der Waals surface area contributed by atoms with Crippen molar-refractivity contribution in [1.82, 2.24) is 20.2 Å². The Balaban J connectivity index is 1.32. The van der Waals surface area contributed by atoms with E-state index in [1.165, 1.54) is 0 Å². The van der Waals surface area contributed by atoms with Crippen molar-refractivity contribution in [1.29, 1.82) is 0 Å². The molecule has 1 N–H and O–H groups in total. The molecule has 2 aromatic rings. The minimum atomic E-state index is -0.444. The second-order valence-corrected chi connectivity index (χ2v) is 9.64. The Morgan fingerprint density at radius 2 is 1.86 bits per heavy atom. The first-order valence-corrected chi connectivity index (χ1v) is 12.2. The average molecular weight is 496 g/mol. The van der Waals surface area contributed by atoms with Gasteiger partial charge in [-0.2, -0.15) is 4.98 Å². The zero-order valence-corrected chi connectivity index (χ0v) is 20.0. The van der Waals surface area contributed by atoms with E-state index >= 15 is 0 Å². The van der Waals surface area contributed by atoms with Crippen molar-refractivity contribution in [2.75, 3.05) is 51.4 Å². The van der Waals surface area contributed by atoms with E-state index in [1.54, 1.807) is 19.3 Å². The zero-order valence-electron chi connectivity index (χ0n) is 19.2. The molecule has 0 saturated carbocycles. The maximum atomic E-state index is 12.9. The molecule has 2 unspecified atom stereocenters. The molecule has 3 aliphatic rings. The van der Waals surface area contributed by atoms with Gasteiger partial charge in [-0.1, -0.05) is 18.2 Å². The van der Waals surface area contributed by atoms with Crippen molar-refractivity contribution < 1.29 is 23.9 Å². The average Bonchev–Trinajstić information content (AvgIpc) is 3.52. The van der Waals surface area contributed by atoms with Gasteiger partial charge in [0.1, 0.15) is 6.61 Å². The van der Waals surface area contributed by atoms with E-state index in [0.29, 0.717) is 74.3 Å². The van der Waals surface area contributed by atoms with Crippen LogP contribution in [0.25, 0.3) is 6.08 Å². The number of benzene rings is 1. The van der Waals surface area contributed by atoms with E-state index in [0.717, 1.165) is 11.8 Å². The lowest BCUT2D eigenvalue weighted by molar-refractivity contribution is -0.115. The summed E-state index contributed by atoms with van der Waals surface area (Å²) in [6, 6.07) is 11.0. The number of nitrogens with one attached hydrogen (secondary N) is 1. The Hall–Kier alpha value is -3.44. The zero-order chi connectivity index (χ0) is 24.4. The number of fused-ring (bicyclic) bond motifs is 1. The van der Waals surface area contributed by atoms with E-state index < -0.39 is 11.1 Å². The molecule has 182 valence electrons. The number of ether oxygens (including phenoxy) is 2. The molecule has 3 aliphatic heterocycles. The molecule has 2 atom stereocenters. The highest BCUT2D eigenvalue weighted by Crippen LogP contribution is 2.34. The third kappa shape index (κ3) is 5.15. The first kappa shape index (κ1) is 23.3. The molecular weight excluding hydrogens is 470 g/mol. The summed E-state index contributed by atoms with van der Waals surface area (Å²) in [5.41, 5.74) is 1.19. The van der Waals surface area contributed by atoms with Gasteiger partial charge in [0.25, 0.3) is 17.1 Å². The van der Waals surface area contributed by atoms with Gasteiger partial charge in [-0.3, -0.25) is 19.7 Å². The Kier molecular flexibility index (Phi) is 6.69. The van der Waals surface area contributed by atoms with Crippen molar-refractivity contribution in [3.05, 3.63) is 52.6 Å². The number of likely N-dealkylation sites (tertiary alicyclic amines) is 1. The molecule has 0 bridgehead atoms. The molecule has 4 heterocycles. The van der Waals surface area contributed by atoms with Crippen LogP contribution in [0.2, 0.25) is 0 Å². The lowest BCUT2D eigenvalue weighted by Crippen LogP contribution is -2.33. The van der Waals surface area contributed by atoms with Gasteiger partial charge in [0.05, 0.1) is 17.2 Å². The van der Waals surface area contributed by atoms with Crippen LogP contribution >= 0.6 is 11.8 Å². The number of anilines is 1. The fourth-order valence-corrected chi connectivity index (χ4v) is 5.26. The molecule has 5 rings (SSSR count). The fraction of sp³-hybridized carbons (Fsp3) is 0.375. The van der Waals surface area contributed by atoms with Gasteiger partial charge in [-0.15, -0.1) is 0 Å². The van der Waals surface area contributed by atoms with Crippen LogP contribution in [0.5, 0.6) is 5.88 Å². The van der Waals surface area contributed by atoms with Gasteiger partial charge in [0, 0.05) is 56.8 Å². The van der Waals surface area contributed by atoms with Crippen molar-refractivity contribution in [2.45, 2.75) is 0 Å². The topological polar surface area (TPSA) is 114 Å². The highest BCUT2D eigenvalue weighted by Gasteiger charge is 2.42. The lowest BCUT2D eigenvalue weighted by atomic mass is 10.0. The maximum absolute atomic E-state index is 12.9. The fourth-order valence-electron chi connectivity index (χ4n) is 4.59. The number of amides is 3. The minimum Gasteiger partial charge on any atom is -0.475 e. The van der Waals surface area contributed by atoms with Gasteiger partial charge >= 0.3 is 0 Å². The number of nitrogens with zero attached hydrogens (tertiary/aromatic N) is 4. The van der Waals surface area contributed by atoms with Crippen LogP contribution in [0.15, 0.2) is 41.3 Å². The predicted octanol–water partition coefficient (Wildman–Crippen LogP) is 2.03. The number of carbonyl (C=O) groups is 3. The van der Waals surface area contributed by atoms with Crippen LogP contribution in [-0.2, 0) is 9.53 Å². The third-order valence-corrected chi connectivity index (χ3v) is 7.06. The van der Waals surface area contributed by atoms with E-state index in [-0.39, 0.29) is 10.8 Å². The summed E-state index contributed by atoms with van der Waals surface area (Å²) in [7, 11) is 1.59. The number of rotatable bonds is 7. The number of hydrogen-bond donors (Lipinski definition) is 1. The first-order chi connectivity index (χ1) is 17.0. The largest absolute Gasteiger partial charge is 0.475 e. The van der Waals surface area contributed by atoms with Crippen LogP contribution in [0, 0.1) is 11.8 Å². The molecule has 1 aromatic heterocycles. The van der Waals surface area contributed by atoms with E-state index in [1.807, 2.05) is 35.2 Å². The van der Waals surface area contributed by atoms with Gasteiger partial charge in [0.2, 0.25) is 11.8 Å². The number of hydrogen-bond acceptors (Lipinski definition) is 9. The quantitative estimate of drug-likeness (QED) is 0.455. The van der Waals surface area contributed by atoms with Crippen LogP contribution in [0.3, 0.4) is 0 Å². The van der Waals surface area contributed by atoms with Gasteiger partial charge in [-0.25, -0.2) is 4.98 Å². The predicted molar refractivity (Wildman–Crippen MR) is 130 cm³/mol. The Morgan fingerprint density at radius 3 is 2.51 bits per heavy atom. The van der Waals surface area contributed by atoms with E-state index in [2.05, 4.69) is 20.2 Å². The van der Waals surface area contributed by atoms with Crippen LogP contribution in [0.4, 0.5) is 10.7 Å². The molecule has 1 aromatic carbocycles. The number of carbonyl (C=O) groups excluding carboxylic acids is 3. The molecule has 11 heteroatoms. The van der Waals surface area contributed by atoms with Crippen LogP contribution in [-0.4, -0.2) is 78.4 Å². The highest BCUT2D eigenvalue weighted by molar-refractivity contribution is 8.18. The second kappa shape index (κ2) is 10.0. The summed E-state index contributed by atoms with van der Waals surface area (Å²) in [4.78, 5) is 49.9. The number of methoxy groups -OCH3 is 1. The molecule has 0 spiro atoms. The van der Waals surface area contributed by atoms with Crippen molar-refractivity contribution in [3.8, 4) is 5.88 Å². The summed E-state index contributed by atoms with van der Waals surface area (Å²) in [6.45, 7) is 3.53. The van der Waals surface area contributed by atoms with Gasteiger partial charge in [0.15, 0.2) is 0 Å². The highest BCUT2D eigenvalue weighted by atomic mass is 32.2. The van der Waals surface area contributed by atoms with Gasteiger partial charge < -0.3 is 19.3 Å². The molecule has 0 aliphatic carbocycles. The maximum Gasteiger partial charge on any atom is 0.290 e. The molecule has 3 fully saturated rings. The summed E-state index contributed by atoms with van der Waals surface area (Å²) in [5.74, 6) is 1.12. The first-order valence-electron chi connectivity index (χ1n) is 11.3. The monoisotopic (exact) mass is 495 g/mol. The summed E-state index contributed by atoms with van der Waals surface area (Å²) < 4.78 is 10.8. The molecule has 3 saturated heterocycles. The van der Waals surface area contributed by atoms with Crippen molar-refractivity contribution in [2.24, 2.45) is 11.8 Å². The van der Waals surface area contributed by atoms with Crippen molar-refractivity contribution >= 4 is 40.8 Å². The minimum absolute atomic E-state index is 0.0622. The van der Waals surface area contributed by atoms with Crippen molar-refractivity contribution in [3.63, 3.8) is 0 Å². The number of thioether (sulfide) groups is 1. The standard InChI is InChI=1S/C24H25N5O5S/c1-33-7-8-34-20-10-18(9-19-21(30)27-24(32)35-19)25-23(26-20)29-13-16-11-28(12-17(16)14-29)22(31)15-5-3-2-4-6-15/h2-6,9-10,16-17H,7-8,11-14H2,1H3,(H,27,30,32)/b19-9-. The van der Waals surface area contributed by atoms with Gasteiger partial charge in [-0.05, 0) is 30.0 Å².